The molecule has 1 atom stereocenters. The molecular formula is C37H55N3O3S. The van der Waals surface area contributed by atoms with E-state index in [9.17, 15) is 9.59 Å². The third kappa shape index (κ3) is 16.0. The van der Waals surface area contributed by atoms with Gasteiger partial charge in [0.05, 0.1) is 5.69 Å². The molecule has 0 bridgehead atoms. The van der Waals surface area contributed by atoms with Gasteiger partial charge in [0.1, 0.15) is 5.60 Å². The van der Waals surface area contributed by atoms with E-state index < -0.39 is 5.60 Å². The fourth-order valence-electron chi connectivity index (χ4n) is 4.70. The summed E-state index contributed by atoms with van der Waals surface area (Å²) in [6, 6.07) is 0.0920. The molecule has 7 heteroatoms. The summed E-state index contributed by atoms with van der Waals surface area (Å²) in [5.41, 5.74) is 0.523. The summed E-state index contributed by atoms with van der Waals surface area (Å²) in [4.78, 5) is 33.0. The van der Waals surface area contributed by atoms with Gasteiger partial charge in [-0.15, -0.1) is 11.3 Å². The summed E-state index contributed by atoms with van der Waals surface area (Å²) in [5.74, 6) is -0.0199. The lowest BCUT2D eigenvalue weighted by Gasteiger charge is -2.35. The average molecular weight is 622 g/mol. The van der Waals surface area contributed by atoms with Gasteiger partial charge >= 0.3 is 6.09 Å². The van der Waals surface area contributed by atoms with E-state index in [0.717, 1.165) is 74.8 Å². The van der Waals surface area contributed by atoms with Crippen molar-refractivity contribution in [1.29, 1.82) is 0 Å². The van der Waals surface area contributed by atoms with Crippen molar-refractivity contribution in [3.8, 4) is 0 Å². The maximum absolute atomic E-state index is 12.8. The molecule has 1 aromatic rings. The number of amides is 2. The Morgan fingerprint density at radius 2 is 1.43 bits per heavy atom. The number of allylic oxidation sites excluding steroid dienone is 12. The van der Waals surface area contributed by atoms with Crippen LogP contribution in [0.1, 0.15) is 109 Å². The van der Waals surface area contributed by atoms with Crippen molar-refractivity contribution < 1.29 is 14.3 Å². The second-order valence-electron chi connectivity index (χ2n) is 12.0. The van der Waals surface area contributed by atoms with Crippen molar-refractivity contribution in [2.75, 3.05) is 11.9 Å². The van der Waals surface area contributed by atoms with Gasteiger partial charge in [-0.1, -0.05) is 86.8 Å². The number of thiazole rings is 1. The molecule has 0 radical (unpaired) electrons. The van der Waals surface area contributed by atoms with Gasteiger partial charge in [-0.2, -0.15) is 0 Å². The van der Waals surface area contributed by atoms with E-state index in [1.165, 1.54) is 11.3 Å². The largest absolute Gasteiger partial charge is 0.444 e. The van der Waals surface area contributed by atoms with Crippen LogP contribution in [0, 0.1) is 0 Å². The number of nitrogens with one attached hydrogen (secondary N) is 1. The highest BCUT2D eigenvalue weighted by atomic mass is 32.1. The van der Waals surface area contributed by atoms with Crippen molar-refractivity contribution in [3.05, 3.63) is 83.5 Å². The topological polar surface area (TPSA) is 71.5 Å². The Bertz CT molecular complexity index is 1170. The number of aromatic nitrogens is 1. The Morgan fingerprint density at radius 3 is 1.95 bits per heavy atom. The van der Waals surface area contributed by atoms with Crippen molar-refractivity contribution in [3.63, 3.8) is 0 Å². The maximum atomic E-state index is 12.8. The summed E-state index contributed by atoms with van der Waals surface area (Å²) in [6.07, 6.45) is 36.2. The van der Waals surface area contributed by atoms with Gasteiger partial charge in [0.2, 0.25) is 5.91 Å². The number of fused-ring (bicyclic) bond motifs is 1. The molecule has 0 saturated carbocycles. The van der Waals surface area contributed by atoms with Crippen molar-refractivity contribution in [2.45, 2.75) is 123 Å². The van der Waals surface area contributed by atoms with E-state index in [1.54, 1.807) is 0 Å². The number of nitrogens with zero attached hydrogens (tertiary/aromatic N) is 2. The minimum Gasteiger partial charge on any atom is -0.444 e. The van der Waals surface area contributed by atoms with Crippen LogP contribution in [0.15, 0.2) is 72.9 Å². The van der Waals surface area contributed by atoms with E-state index in [-0.39, 0.29) is 18.0 Å². The van der Waals surface area contributed by atoms with Crippen molar-refractivity contribution in [1.82, 2.24) is 9.88 Å². The van der Waals surface area contributed by atoms with Crippen molar-refractivity contribution >= 4 is 28.5 Å². The molecular weight excluding hydrogens is 566 g/mol. The van der Waals surface area contributed by atoms with E-state index in [1.807, 2.05) is 25.7 Å². The highest BCUT2D eigenvalue weighted by Crippen LogP contribution is 2.32. The first kappa shape index (κ1) is 37.0. The molecule has 1 aliphatic rings. The first-order valence-corrected chi connectivity index (χ1v) is 17.2. The number of hydrogen-bond donors (Lipinski definition) is 1. The van der Waals surface area contributed by atoms with Crippen LogP contribution in [-0.4, -0.2) is 40.1 Å². The first-order chi connectivity index (χ1) is 21.2. The molecule has 1 aromatic heterocycles. The van der Waals surface area contributed by atoms with Gasteiger partial charge in [-0.3, -0.25) is 4.79 Å². The minimum atomic E-state index is -0.518. The fourth-order valence-corrected chi connectivity index (χ4v) is 5.79. The van der Waals surface area contributed by atoms with Gasteiger partial charge in [0.15, 0.2) is 5.13 Å². The molecule has 0 aromatic carbocycles. The van der Waals surface area contributed by atoms with Crippen LogP contribution in [0.3, 0.4) is 0 Å². The van der Waals surface area contributed by atoms with Crippen LogP contribution < -0.4 is 5.32 Å². The van der Waals surface area contributed by atoms with Gasteiger partial charge in [0, 0.05) is 30.3 Å². The molecule has 1 N–H and O–H groups in total. The Labute approximate surface area is 270 Å². The van der Waals surface area contributed by atoms with Crippen molar-refractivity contribution in [2.24, 2.45) is 0 Å². The number of hydrogen-bond acceptors (Lipinski definition) is 5. The number of carbonyl (C=O) groups excluding carboxylic acids is 2. The number of carbonyl (C=O) groups is 2. The van der Waals surface area contributed by atoms with Gasteiger partial charge < -0.3 is 15.0 Å². The molecule has 0 unspecified atom stereocenters. The van der Waals surface area contributed by atoms with Gasteiger partial charge in [-0.25, -0.2) is 9.78 Å². The molecule has 0 aliphatic heterocycles. The second kappa shape index (κ2) is 21.5. The van der Waals surface area contributed by atoms with Crippen LogP contribution >= 0.6 is 11.3 Å². The molecule has 242 valence electrons. The first-order valence-electron chi connectivity index (χ1n) is 16.4. The molecule has 1 aliphatic carbocycles. The number of anilines is 1. The lowest BCUT2D eigenvalue weighted by Crippen LogP contribution is -2.46. The second-order valence-corrected chi connectivity index (χ2v) is 13.0. The fraction of sp³-hybridized carbons (Fsp3) is 0.541. The highest BCUT2D eigenvalue weighted by molar-refractivity contribution is 7.15. The predicted octanol–water partition coefficient (Wildman–Crippen LogP) is 10.1. The van der Waals surface area contributed by atoms with Gasteiger partial charge in [-0.05, 0) is 85.0 Å². The van der Waals surface area contributed by atoms with Crippen LogP contribution in [-0.2, 0) is 22.4 Å². The monoisotopic (exact) mass is 621 g/mol. The maximum Gasteiger partial charge on any atom is 0.410 e. The summed E-state index contributed by atoms with van der Waals surface area (Å²) >= 11 is 1.53. The molecule has 1 heterocycles. The lowest BCUT2D eigenvalue weighted by atomic mass is 9.96. The third-order valence-electron chi connectivity index (χ3n) is 6.83. The smallest absolute Gasteiger partial charge is 0.410 e. The zero-order chi connectivity index (χ0) is 32.0. The molecule has 0 spiro atoms. The minimum absolute atomic E-state index is 0.0199. The summed E-state index contributed by atoms with van der Waals surface area (Å²) in [5, 5.41) is 3.63. The Morgan fingerprint density at radius 1 is 0.886 bits per heavy atom. The number of aryl methyl sites for hydroxylation is 1. The van der Waals surface area contributed by atoms with E-state index in [2.05, 4.69) is 97.1 Å². The van der Waals surface area contributed by atoms with Crippen LogP contribution in [0.4, 0.5) is 9.93 Å². The average Bonchev–Trinajstić information content (AvgIpc) is 3.37. The number of ether oxygens (including phenoxy) is 1. The van der Waals surface area contributed by atoms with Crippen LogP contribution in [0.25, 0.3) is 0 Å². The van der Waals surface area contributed by atoms with E-state index >= 15 is 0 Å². The summed E-state index contributed by atoms with van der Waals surface area (Å²) in [6.45, 7) is 10.6. The Balaban J connectivity index is 1.63. The lowest BCUT2D eigenvalue weighted by molar-refractivity contribution is -0.116. The van der Waals surface area contributed by atoms with Crippen LogP contribution in [0.2, 0.25) is 0 Å². The highest BCUT2D eigenvalue weighted by Gasteiger charge is 2.32. The molecule has 2 rings (SSSR count). The quantitative estimate of drug-likeness (QED) is 0.166. The SMILES string of the molecule is CCC=CCC=CCC=CCC=CCC=CCC=CCCC(=O)Nc1nc2c(s1)C[C@H](N(CCC)C(=O)OC(C)(C)C)CC2. The normalized spacial score (nSPS) is 15.9. The standard InChI is InChI=1S/C37H55N3O3S/c1-6-8-9-10-11-12-13-14-15-16-17-18-19-20-21-22-23-24-25-26-34(41)39-35-38-32-28-27-31(30-33(32)44-35)40(29-7-2)36(42)43-37(3,4)5/h8-9,11-12,14-15,17-18,20-21,23-24,31H,6-7,10,13,16,19,22,25-30H2,1-5H3,(H,38,39,41)/t31-/m1/s1. The van der Waals surface area contributed by atoms with Gasteiger partial charge in [0.25, 0.3) is 0 Å². The zero-order valence-electron chi connectivity index (χ0n) is 27.7. The van der Waals surface area contributed by atoms with E-state index in [0.29, 0.717) is 24.5 Å². The molecule has 44 heavy (non-hydrogen) atoms. The number of rotatable bonds is 18. The molecule has 0 fully saturated rings. The Hall–Kier alpha value is -3.19. The molecule has 6 nitrogen and oxygen atoms in total. The predicted molar refractivity (Wildman–Crippen MR) is 187 cm³/mol. The van der Waals surface area contributed by atoms with E-state index in [4.69, 9.17) is 4.74 Å². The molecule has 0 saturated heterocycles. The zero-order valence-corrected chi connectivity index (χ0v) is 28.5. The summed E-state index contributed by atoms with van der Waals surface area (Å²) < 4.78 is 5.67. The van der Waals surface area contributed by atoms with Crippen LogP contribution in [0.5, 0.6) is 0 Å². The third-order valence-corrected chi connectivity index (χ3v) is 7.86. The Kier molecular flexibility index (Phi) is 18.1. The summed E-state index contributed by atoms with van der Waals surface area (Å²) in [7, 11) is 0. The molecule has 2 amide bonds.